The Kier molecular flexibility index (Phi) is 6.55. The molecule has 0 fully saturated rings. The molecule has 1 amide bonds. The van der Waals surface area contributed by atoms with Crippen molar-refractivity contribution in [3.63, 3.8) is 0 Å². The zero-order valence-electron chi connectivity index (χ0n) is 15.3. The minimum atomic E-state index is -1.29. The number of aromatic carboxylic acids is 1. The lowest BCUT2D eigenvalue weighted by Crippen LogP contribution is -2.34. The fourth-order valence-electron chi connectivity index (χ4n) is 2.50. The number of anilines is 1. The third-order valence-electron chi connectivity index (χ3n) is 3.95. The molecule has 3 aromatic carbocycles. The van der Waals surface area contributed by atoms with E-state index in [1.54, 1.807) is 36.4 Å². The summed E-state index contributed by atoms with van der Waals surface area (Å²) in [5, 5.41) is 16.3. The normalized spacial score (nSPS) is 10.1. The molecule has 0 aromatic heterocycles. The van der Waals surface area contributed by atoms with Crippen molar-refractivity contribution in [1.29, 1.82) is 0 Å². The Morgan fingerprint density at radius 1 is 0.897 bits per heavy atom. The number of carbonyl (C=O) groups is 2. The number of carbonyl (C=O) groups excluding carboxylic acids is 2. The summed E-state index contributed by atoms with van der Waals surface area (Å²) in [5.74, 6) is -1.04. The summed E-state index contributed by atoms with van der Waals surface area (Å²) in [4.78, 5) is 23.2. The molecule has 29 heavy (non-hydrogen) atoms. The summed E-state index contributed by atoms with van der Waals surface area (Å²) in [6, 6.07) is 22.4. The van der Waals surface area contributed by atoms with Gasteiger partial charge in [-0.2, -0.15) is 0 Å². The molecule has 0 heterocycles. The molecule has 3 rings (SSSR count). The number of thiocarbonyl (C=S) groups is 1. The minimum absolute atomic E-state index is 0.00946. The number of nitrogens with one attached hydrogen (secondary N) is 2. The van der Waals surface area contributed by atoms with Gasteiger partial charge in [-0.1, -0.05) is 42.5 Å². The number of hydrogen-bond acceptors (Lipinski definition) is 5. The van der Waals surface area contributed by atoms with Crippen molar-refractivity contribution in [3.8, 4) is 5.75 Å². The average Bonchev–Trinajstić information content (AvgIpc) is 2.73. The summed E-state index contributed by atoms with van der Waals surface area (Å²) < 4.78 is 5.69. The molecule has 0 atom stereocenters. The maximum Gasteiger partial charge on any atom is 0.257 e. The molecule has 0 aliphatic carbocycles. The maximum atomic E-state index is 12.3. The molecule has 2 N–H and O–H groups in total. The van der Waals surface area contributed by atoms with Crippen LogP contribution in [-0.2, 0) is 6.61 Å². The first kappa shape index (κ1) is 20.0. The van der Waals surface area contributed by atoms with E-state index in [2.05, 4.69) is 10.6 Å². The van der Waals surface area contributed by atoms with E-state index in [1.165, 1.54) is 12.1 Å². The van der Waals surface area contributed by atoms with Gasteiger partial charge in [0.2, 0.25) is 0 Å². The molecule has 7 heteroatoms. The highest BCUT2D eigenvalue weighted by molar-refractivity contribution is 7.80. The lowest BCUT2D eigenvalue weighted by molar-refractivity contribution is -0.255. The summed E-state index contributed by atoms with van der Waals surface area (Å²) in [6.45, 7) is 0.436. The van der Waals surface area contributed by atoms with Crippen molar-refractivity contribution in [1.82, 2.24) is 5.32 Å². The van der Waals surface area contributed by atoms with Gasteiger partial charge in [-0.3, -0.25) is 10.1 Å². The van der Waals surface area contributed by atoms with E-state index in [-0.39, 0.29) is 10.7 Å². The predicted molar refractivity (Wildman–Crippen MR) is 112 cm³/mol. The van der Waals surface area contributed by atoms with Gasteiger partial charge in [0.15, 0.2) is 5.11 Å². The Hall–Kier alpha value is -3.71. The molecular weight excluding hydrogens is 388 g/mol. The molecule has 0 unspecified atom stereocenters. The number of hydrogen-bond donors (Lipinski definition) is 2. The molecule has 0 saturated carbocycles. The second kappa shape index (κ2) is 9.48. The molecule has 0 radical (unpaired) electrons. The van der Waals surface area contributed by atoms with Crippen LogP contribution in [0, 0.1) is 0 Å². The molecule has 0 aliphatic heterocycles. The Morgan fingerprint density at radius 3 is 2.31 bits per heavy atom. The molecular formula is C22H17N2O4S-. The standard InChI is InChI=1S/C22H18N2O4S/c25-20(24-22(29)23-18-8-4-7-17(13-18)21(26)27)16-9-11-19(12-10-16)28-14-15-5-2-1-3-6-15/h1-13H,14H2,(H,26,27)(H2,23,24,25,29)/p-1. The topological polar surface area (TPSA) is 90.5 Å². The number of ether oxygens (including phenoxy) is 1. The monoisotopic (exact) mass is 405 g/mol. The highest BCUT2D eigenvalue weighted by atomic mass is 32.1. The van der Waals surface area contributed by atoms with E-state index in [1.807, 2.05) is 30.3 Å². The smallest absolute Gasteiger partial charge is 0.257 e. The van der Waals surface area contributed by atoms with Gasteiger partial charge in [-0.05, 0) is 59.7 Å². The number of rotatable bonds is 6. The van der Waals surface area contributed by atoms with Crippen LogP contribution in [0.4, 0.5) is 5.69 Å². The Bertz CT molecular complexity index is 1020. The summed E-state index contributed by atoms with van der Waals surface area (Å²) >= 11 is 5.11. The van der Waals surface area contributed by atoms with Gasteiger partial charge in [-0.15, -0.1) is 0 Å². The van der Waals surface area contributed by atoms with Crippen molar-refractivity contribution in [2.24, 2.45) is 0 Å². The van der Waals surface area contributed by atoms with Gasteiger partial charge < -0.3 is 20.0 Å². The van der Waals surface area contributed by atoms with Crippen LogP contribution >= 0.6 is 12.2 Å². The van der Waals surface area contributed by atoms with Crippen LogP contribution in [0.5, 0.6) is 5.75 Å². The van der Waals surface area contributed by atoms with Gasteiger partial charge in [0.1, 0.15) is 12.4 Å². The van der Waals surface area contributed by atoms with Crippen LogP contribution in [0.25, 0.3) is 0 Å². The van der Waals surface area contributed by atoms with Crippen molar-refractivity contribution >= 4 is 34.9 Å². The average molecular weight is 405 g/mol. The number of carboxylic acids is 1. The number of carboxylic acid groups (broad SMARTS) is 1. The SMILES string of the molecule is O=C([O-])c1cccc(NC(=S)NC(=O)c2ccc(OCc3ccccc3)cc2)c1. The fraction of sp³-hybridized carbons (Fsp3) is 0.0455. The predicted octanol–water partition coefficient (Wildman–Crippen LogP) is 2.76. The highest BCUT2D eigenvalue weighted by Gasteiger charge is 2.09. The third kappa shape index (κ3) is 5.88. The first-order chi connectivity index (χ1) is 14.0. The second-order valence-electron chi connectivity index (χ2n) is 6.08. The quantitative estimate of drug-likeness (QED) is 0.613. The molecule has 0 spiro atoms. The van der Waals surface area contributed by atoms with Crippen LogP contribution in [0.1, 0.15) is 26.3 Å². The van der Waals surface area contributed by atoms with Gasteiger partial charge >= 0.3 is 0 Å². The van der Waals surface area contributed by atoms with E-state index < -0.39 is 11.9 Å². The van der Waals surface area contributed by atoms with Crippen LogP contribution in [-0.4, -0.2) is 17.0 Å². The third-order valence-corrected chi connectivity index (χ3v) is 4.15. The van der Waals surface area contributed by atoms with Gasteiger partial charge in [0, 0.05) is 11.3 Å². The molecule has 0 bridgehead atoms. The van der Waals surface area contributed by atoms with Crippen LogP contribution in [0.2, 0.25) is 0 Å². The first-order valence-electron chi connectivity index (χ1n) is 8.72. The summed E-state index contributed by atoms with van der Waals surface area (Å²) in [5.41, 5.74) is 1.90. The van der Waals surface area contributed by atoms with Gasteiger partial charge in [0.05, 0.1) is 5.97 Å². The van der Waals surface area contributed by atoms with E-state index in [0.29, 0.717) is 23.6 Å². The van der Waals surface area contributed by atoms with E-state index in [4.69, 9.17) is 17.0 Å². The second-order valence-corrected chi connectivity index (χ2v) is 6.48. The fourth-order valence-corrected chi connectivity index (χ4v) is 2.72. The minimum Gasteiger partial charge on any atom is -0.545 e. The van der Waals surface area contributed by atoms with E-state index >= 15 is 0 Å². The zero-order chi connectivity index (χ0) is 20.6. The number of benzene rings is 3. The maximum absolute atomic E-state index is 12.3. The van der Waals surface area contributed by atoms with Crippen molar-refractivity contribution in [2.45, 2.75) is 6.61 Å². The molecule has 6 nitrogen and oxygen atoms in total. The van der Waals surface area contributed by atoms with Crippen molar-refractivity contribution in [2.75, 3.05) is 5.32 Å². The Balaban J connectivity index is 1.54. The Morgan fingerprint density at radius 2 is 1.62 bits per heavy atom. The lowest BCUT2D eigenvalue weighted by Gasteiger charge is -2.11. The van der Waals surface area contributed by atoms with E-state index in [9.17, 15) is 14.7 Å². The molecule has 0 saturated heterocycles. The van der Waals surface area contributed by atoms with Crippen LogP contribution < -0.4 is 20.5 Å². The van der Waals surface area contributed by atoms with Crippen LogP contribution in [0.15, 0.2) is 78.9 Å². The summed E-state index contributed by atoms with van der Waals surface area (Å²) in [6.07, 6.45) is 0. The largest absolute Gasteiger partial charge is 0.545 e. The van der Waals surface area contributed by atoms with Gasteiger partial charge in [-0.25, -0.2) is 0 Å². The zero-order valence-corrected chi connectivity index (χ0v) is 16.1. The van der Waals surface area contributed by atoms with E-state index in [0.717, 1.165) is 5.56 Å². The van der Waals surface area contributed by atoms with Crippen LogP contribution in [0.3, 0.4) is 0 Å². The first-order valence-corrected chi connectivity index (χ1v) is 9.12. The summed E-state index contributed by atoms with van der Waals surface area (Å²) in [7, 11) is 0. The number of amides is 1. The molecule has 3 aromatic rings. The van der Waals surface area contributed by atoms with Gasteiger partial charge in [0.25, 0.3) is 5.91 Å². The highest BCUT2D eigenvalue weighted by Crippen LogP contribution is 2.15. The van der Waals surface area contributed by atoms with Crippen molar-refractivity contribution < 1.29 is 19.4 Å². The van der Waals surface area contributed by atoms with Crippen molar-refractivity contribution in [3.05, 3.63) is 95.6 Å². The molecule has 146 valence electrons. The molecule has 0 aliphatic rings. The Labute approximate surface area is 173 Å². The lowest BCUT2D eigenvalue weighted by atomic mass is 10.2.